The van der Waals surface area contributed by atoms with Crippen LogP contribution >= 0.6 is 0 Å². The van der Waals surface area contributed by atoms with Crippen molar-refractivity contribution in [3.05, 3.63) is 95.8 Å². The Balaban J connectivity index is 1.52. The summed E-state index contributed by atoms with van der Waals surface area (Å²) < 4.78 is 23.8. The van der Waals surface area contributed by atoms with E-state index in [0.29, 0.717) is 17.0 Å². The molecular weight excluding hydrogens is 381 g/mol. The van der Waals surface area contributed by atoms with Gasteiger partial charge in [0.1, 0.15) is 24.8 Å². The molecule has 0 amide bonds. The average molecular weight is 401 g/mol. The number of halogens is 1. The van der Waals surface area contributed by atoms with Crippen LogP contribution < -0.4 is 4.74 Å². The molecule has 0 radical (unpaired) electrons. The summed E-state index contributed by atoms with van der Waals surface area (Å²) in [5.74, 6) is -0.254. The van der Waals surface area contributed by atoms with Gasteiger partial charge in [0.2, 0.25) is 0 Å². The topological polar surface area (TPSA) is 48.4 Å². The number of esters is 1. The third-order valence-electron chi connectivity index (χ3n) is 4.68. The highest BCUT2D eigenvalue weighted by atomic mass is 19.1. The van der Waals surface area contributed by atoms with Gasteiger partial charge in [0, 0.05) is 10.9 Å². The summed E-state index contributed by atoms with van der Waals surface area (Å²) in [6.45, 7) is 2.27. The van der Waals surface area contributed by atoms with Crippen molar-refractivity contribution in [2.24, 2.45) is 0 Å². The molecule has 0 N–H and O–H groups in total. The van der Waals surface area contributed by atoms with Gasteiger partial charge in [-0.2, -0.15) is 0 Å². The molecule has 0 fully saturated rings. The minimum Gasteiger partial charge on any atom is -0.490 e. The Labute approximate surface area is 173 Å². The molecule has 0 aliphatic rings. The highest BCUT2D eigenvalue weighted by molar-refractivity contribution is 6.04. The number of rotatable bonds is 6. The number of pyridine rings is 1. The van der Waals surface area contributed by atoms with Gasteiger partial charge < -0.3 is 9.47 Å². The molecule has 4 aromatic rings. The number of aromatic nitrogens is 1. The second-order valence-electron chi connectivity index (χ2n) is 6.88. The van der Waals surface area contributed by atoms with Crippen LogP contribution in [0.4, 0.5) is 4.39 Å². The molecule has 0 saturated carbocycles. The number of carbonyl (C=O) groups excluding carboxylic acids is 1. The molecule has 0 bridgehead atoms. The molecule has 3 aromatic carbocycles. The summed E-state index contributed by atoms with van der Waals surface area (Å²) in [4.78, 5) is 17.5. The van der Waals surface area contributed by atoms with Crippen molar-refractivity contribution in [3.8, 4) is 17.0 Å². The Hall–Kier alpha value is -3.73. The molecule has 150 valence electrons. The van der Waals surface area contributed by atoms with E-state index in [4.69, 9.17) is 14.5 Å². The van der Waals surface area contributed by atoms with Gasteiger partial charge in [0.15, 0.2) is 0 Å². The first-order valence-corrected chi connectivity index (χ1v) is 9.62. The van der Waals surface area contributed by atoms with Crippen LogP contribution in [0.5, 0.6) is 5.75 Å². The van der Waals surface area contributed by atoms with E-state index in [1.54, 1.807) is 6.07 Å². The highest BCUT2D eigenvalue weighted by Gasteiger charge is 2.15. The minimum atomic E-state index is -0.440. The lowest BCUT2D eigenvalue weighted by Gasteiger charge is -2.11. The standard InChI is InChI=1S/C25H20FNO3/c1-17-6-8-18(9-7-17)24-16-22(21-4-2-3-5-23(21)27-24)25(28)30-15-14-29-20-12-10-19(26)11-13-20/h2-13,16H,14-15H2,1H3. The first-order valence-electron chi connectivity index (χ1n) is 9.62. The third kappa shape index (κ3) is 4.46. The van der Waals surface area contributed by atoms with Crippen molar-refractivity contribution in [2.45, 2.75) is 6.92 Å². The molecule has 1 heterocycles. The van der Waals surface area contributed by atoms with Crippen LogP contribution in [0.1, 0.15) is 15.9 Å². The van der Waals surface area contributed by atoms with Gasteiger partial charge in [-0.3, -0.25) is 0 Å². The molecule has 0 saturated heterocycles. The largest absolute Gasteiger partial charge is 0.490 e. The van der Waals surface area contributed by atoms with Gasteiger partial charge in [0.05, 0.1) is 16.8 Å². The van der Waals surface area contributed by atoms with Crippen molar-refractivity contribution >= 4 is 16.9 Å². The van der Waals surface area contributed by atoms with Crippen molar-refractivity contribution < 1.29 is 18.7 Å². The molecule has 4 rings (SSSR count). The molecule has 0 aliphatic carbocycles. The summed E-state index contributed by atoms with van der Waals surface area (Å²) in [6.07, 6.45) is 0. The summed E-state index contributed by atoms with van der Waals surface area (Å²) in [7, 11) is 0. The molecule has 4 nitrogen and oxygen atoms in total. The van der Waals surface area contributed by atoms with Gasteiger partial charge in [-0.15, -0.1) is 0 Å². The van der Waals surface area contributed by atoms with Crippen LogP contribution in [0.3, 0.4) is 0 Å². The summed E-state index contributed by atoms with van der Waals surface area (Å²) >= 11 is 0. The predicted molar refractivity (Wildman–Crippen MR) is 114 cm³/mol. The summed E-state index contributed by atoms with van der Waals surface area (Å²) in [5, 5.41) is 0.734. The monoisotopic (exact) mass is 401 g/mol. The van der Waals surface area contributed by atoms with Crippen LogP contribution in [-0.4, -0.2) is 24.2 Å². The van der Waals surface area contributed by atoms with E-state index in [1.165, 1.54) is 24.3 Å². The van der Waals surface area contributed by atoms with Gasteiger partial charge in [-0.05, 0) is 43.3 Å². The fraction of sp³-hybridized carbons (Fsp3) is 0.120. The fourth-order valence-electron chi connectivity index (χ4n) is 3.12. The summed E-state index contributed by atoms with van der Waals surface area (Å²) in [5.41, 5.74) is 3.98. The van der Waals surface area contributed by atoms with Crippen LogP contribution in [0.2, 0.25) is 0 Å². The van der Waals surface area contributed by atoms with E-state index < -0.39 is 5.97 Å². The van der Waals surface area contributed by atoms with E-state index in [2.05, 4.69) is 0 Å². The number of fused-ring (bicyclic) bond motifs is 1. The predicted octanol–water partition coefficient (Wildman–Crippen LogP) is 5.59. The number of nitrogens with zero attached hydrogens (tertiary/aromatic N) is 1. The second kappa shape index (κ2) is 8.74. The van der Waals surface area contributed by atoms with E-state index in [1.807, 2.05) is 55.5 Å². The Kier molecular flexibility index (Phi) is 5.70. The zero-order valence-electron chi connectivity index (χ0n) is 16.5. The lowest BCUT2D eigenvalue weighted by molar-refractivity contribution is 0.0452. The Morgan fingerprint density at radius 2 is 1.67 bits per heavy atom. The number of benzene rings is 3. The van der Waals surface area contributed by atoms with Crippen molar-refractivity contribution in [2.75, 3.05) is 13.2 Å². The quantitative estimate of drug-likeness (QED) is 0.312. The van der Waals surface area contributed by atoms with Crippen molar-refractivity contribution in [1.82, 2.24) is 4.98 Å². The Morgan fingerprint density at radius 3 is 2.43 bits per heavy atom. The average Bonchev–Trinajstić information content (AvgIpc) is 2.77. The van der Waals surface area contributed by atoms with E-state index in [9.17, 15) is 9.18 Å². The van der Waals surface area contributed by atoms with E-state index in [-0.39, 0.29) is 19.0 Å². The smallest absolute Gasteiger partial charge is 0.339 e. The molecule has 30 heavy (non-hydrogen) atoms. The van der Waals surface area contributed by atoms with Gasteiger partial charge in [-0.25, -0.2) is 14.2 Å². The molecule has 0 atom stereocenters. The Bertz CT molecular complexity index is 1170. The third-order valence-corrected chi connectivity index (χ3v) is 4.68. The van der Waals surface area contributed by atoms with Crippen molar-refractivity contribution in [3.63, 3.8) is 0 Å². The molecular formula is C25H20FNO3. The van der Waals surface area contributed by atoms with Gasteiger partial charge >= 0.3 is 5.97 Å². The Morgan fingerprint density at radius 1 is 0.933 bits per heavy atom. The second-order valence-corrected chi connectivity index (χ2v) is 6.88. The SMILES string of the molecule is Cc1ccc(-c2cc(C(=O)OCCOc3ccc(F)cc3)c3ccccc3n2)cc1. The van der Waals surface area contributed by atoms with Crippen LogP contribution in [-0.2, 0) is 4.74 Å². The lowest BCUT2D eigenvalue weighted by Crippen LogP contribution is -2.13. The zero-order valence-corrected chi connectivity index (χ0v) is 16.5. The maximum Gasteiger partial charge on any atom is 0.339 e. The van der Waals surface area contributed by atoms with E-state index >= 15 is 0 Å². The normalized spacial score (nSPS) is 10.7. The number of hydrogen-bond donors (Lipinski definition) is 0. The minimum absolute atomic E-state index is 0.0761. The number of carbonyl (C=O) groups is 1. The number of para-hydroxylation sites is 1. The summed E-state index contributed by atoms with van der Waals surface area (Å²) in [6, 6.07) is 22.9. The van der Waals surface area contributed by atoms with E-state index in [0.717, 1.165) is 22.0 Å². The van der Waals surface area contributed by atoms with Gasteiger partial charge in [0.25, 0.3) is 0 Å². The molecule has 0 spiro atoms. The van der Waals surface area contributed by atoms with Crippen molar-refractivity contribution in [1.29, 1.82) is 0 Å². The fourth-order valence-corrected chi connectivity index (χ4v) is 3.12. The van der Waals surface area contributed by atoms with Crippen LogP contribution in [0, 0.1) is 12.7 Å². The molecule has 5 heteroatoms. The molecule has 0 aliphatic heterocycles. The van der Waals surface area contributed by atoms with Gasteiger partial charge in [-0.1, -0.05) is 48.0 Å². The highest BCUT2D eigenvalue weighted by Crippen LogP contribution is 2.25. The first kappa shape index (κ1) is 19.6. The molecule has 0 unspecified atom stereocenters. The maximum atomic E-state index is 12.9. The first-order chi connectivity index (χ1) is 14.6. The molecule has 1 aromatic heterocycles. The maximum absolute atomic E-state index is 12.9. The zero-order chi connectivity index (χ0) is 20.9. The number of aryl methyl sites for hydroxylation is 1. The lowest BCUT2D eigenvalue weighted by atomic mass is 10.0. The van der Waals surface area contributed by atoms with Crippen LogP contribution in [0.25, 0.3) is 22.2 Å². The van der Waals surface area contributed by atoms with Crippen LogP contribution in [0.15, 0.2) is 78.9 Å². The number of hydrogen-bond acceptors (Lipinski definition) is 4. The number of ether oxygens (including phenoxy) is 2.